The van der Waals surface area contributed by atoms with Crippen LogP contribution in [-0.2, 0) is 0 Å². The van der Waals surface area contributed by atoms with Crippen LogP contribution in [-0.4, -0.2) is 30.1 Å². The Balaban J connectivity index is 1.50. The predicted molar refractivity (Wildman–Crippen MR) is 129 cm³/mol. The van der Waals surface area contributed by atoms with Gasteiger partial charge in [0, 0.05) is 27.7 Å². The van der Waals surface area contributed by atoms with Crippen molar-refractivity contribution in [2.24, 2.45) is 0 Å². The molecule has 0 fully saturated rings. The third-order valence-corrected chi connectivity index (χ3v) is 6.28. The summed E-state index contributed by atoms with van der Waals surface area (Å²) in [6.07, 6.45) is 3.78. The molecule has 0 radical (unpaired) electrons. The molecule has 7 aromatic rings. The molecule has 0 unspecified atom stereocenters. The second kappa shape index (κ2) is 6.11. The summed E-state index contributed by atoms with van der Waals surface area (Å²) in [5.41, 5.74) is 6.25. The number of hydrogen-bond donors (Lipinski definition) is 2. The molecule has 4 aromatic carbocycles. The fourth-order valence-electron chi connectivity index (χ4n) is 4.85. The number of aromatic amines is 2. The molecule has 7 rings (SSSR count). The van der Waals surface area contributed by atoms with Crippen molar-refractivity contribution < 1.29 is 0 Å². The first-order valence-corrected chi connectivity index (χ1v) is 10.6. The summed E-state index contributed by atoms with van der Waals surface area (Å²) < 4.78 is 0. The van der Waals surface area contributed by atoms with E-state index < -0.39 is 0 Å². The van der Waals surface area contributed by atoms with E-state index in [9.17, 15) is 0 Å². The molecule has 0 bridgehead atoms. The summed E-state index contributed by atoms with van der Waals surface area (Å²) >= 11 is 0. The molecule has 3 heterocycles. The molecule has 6 heteroatoms. The van der Waals surface area contributed by atoms with Gasteiger partial charge in [0.1, 0.15) is 17.2 Å². The topological polar surface area (TPSA) is 83.1 Å². The minimum atomic E-state index is 0.778. The van der Waals surface area contributed by atoms with Crippen LogP contribution in [0.25, 0.3) is 65.5 Å². The van der Waals surface area contributed by atoms with Crippen molar-refractivity contribution in [3.05, 3.63) is 72.6 Å². The van der Waals surface area contributed by atoms with Gasteiger partial charge in [-0.05, 0) is 53.9 Å². The maximum Gasteiger partial charge on any atom is 0.126 e. The Bertz CT molecular complexity index is 1860. The minimum Gasteiger partial charge on any atom is -0.342 e. The van der Waals surface area contributed by atoms with E-state index in [0.29, 0.717) is 0 Å². The van der Waals surface area contributed by atoms with E-state index in [1.165, 1.54) is 10.9 Å². The smallest absolute Gasteiger partial charge is 0.126 e. The Morgan fingerprint density at radius 3 is 2.31 bits per heavy atom. The number of imidazole rings is 2. The van der Waals surface area contributed by atoms with Gasteiger partial charge >= 0.3 is 0 Å². The Morgan fingerprint density at radius 2 is 1.44 bits per heavy atom. The number of H-pyrrole nitrogens is 2. The maximum atomic E-state index is 4.71. The lowest BCUT2D eigenvalue weighted by Gasteiger charge is -2.09. The summed E-state index contributed by atoms with van der Waals surface area (Å²) in [6.45, 7) is 3.92. The SMILES string of the molecule is Cc1nc2c3ccc(-c4ccc5c(ccc6[nH]c(C)nc65)c4)cc3c3c[nH]ncc3c2n1. The molecule has 0 aliphatic heterocycles. The molecule has 0 saturated carbocycles. The lowest BCUT2D eigenvalue weighted by molar-refractivity contribution is 1.05. The summed E-state index contributed by atoms with van der Waals surface area (Å²) in [7, 11) is 0. The quantitative estimate of drug-likeness (QED) is 0.324. The molecule has 6 nitrogen and oxygen atoms in total. The summed E-state index contributed by atoms with van der Waals surface area (Å²) in [5, 5.41) is 13.9. The van der Waals surface area contributed by atoms with Crippen molar-refractivity contribution in [1.29, 1.82) is 0 Å². The number of aromatic nitrogens is 6. The third-order valence-electron chi connectivity index (χ3n) is 6.28. The molecular weight excluding hydrogens is 396 g/mol. The van der Waals surface area contributed by atoms with Crippen LogP contribution in [0.2, 0.25) is 0 Å². The first-order chi connectivity index (χ1) is 15.7. The number of nitrogens with zero attached hydrogens (tertiary/aromatic N) is 4. The molecule has 0 aliphatic carbocycles. The van der Waals surface area contributed by atoms with Crippen molar-refractivity contribution in [3.8, 4) is 11.1 Å². The number of fused-ring (bicyclic) bond motifs is 9. The van der Waals surface area contributed by atoms with E-state index in [4.69, 9.17) is 4.98 Å². The molecule has 32 heavy (non-hydrogen) atoms. The van der Waals surface area contributed by atoms with E-state index in [0.717, 1.165) is 66.2 Å². The van der Waals surface area contributed by atoms with Crippen molar-refractivity contribution in [2.45, 2.75) is 13.8 Å². The largest absolute Gasteiger partial charge is 0.342 e. The van der Waals surface area contributed by atoms with E-state index in [2.05, 4.69) is 73.7 Å². The van der Waals surface area contributed by atoms with Crippen LogP contribution in [0.15, 0.2) is 60.9 Å². The van der Waals surface area contributed by atoms with Crippen LogP contribution in [0.5, 0.6) is 0 Å². The van der Waals surface area contributed by atoms with Gasteiger partial charge in [0.25, 0.3) is 0 Å². The van der Waals surface area contributed by atoms with E-state index in [1.54, 1.807) is 0 Å². The first-order valence-electron chi connectivity index (χ1n) is 10.6. The van der Waals surface area contributed by atoms with E-state index in [1.807, 2.05) is 26.2 Å². The maximum absolute atomic E-state index is 4.71. The summed E-state index contributed by atoms with van der Waals surface area (Å²) in [6, 6.07) is 17.4. The van der Waals surface area contributed by atoms with Gasteiger partial charge in [0.05, 0.1) is 22.7 Å². The van der Waals surface area contributed by atoms with Crippen molar-refractivity contribution in [3.63, 3.8) is 0 Å². The van der Waals surface area contributed by atoms with E-state index in [-0.39, 0.29) is 0 Å². The normalized spacial score (nSPS) is 12.1. The molecule has 0 aliphatic rings. The summed E-state index contributed by atoms with van der Waals surface area (Å²) in [5.74, 6) is 1.71. The molecule has 0 amide bonds. The average molecular weight is 414 g/mol. The van der Waals surface area contributed by atoms with Gasteiger partial charge in [-0.25, -0.2) is 15.0 Å². The number of aryl methyl sites for hydroxylation is 2. The Labute approximate surface area is 182 Å². The Morgan fingerprint density at radius 1 is 0.656 bits per heavy atom. The van der Waals surface area contributed by atoms with Crippen LogP contribution in [0, 0.1) is 13.8 Å². The van der Waals surface area contributed by atoms with Gasteiger partial charge in [-0.2, -0.15) is 5.10 Å². The second-order valence-electron chi connectivity index (χ2n) is 8.31. The zero-order chi connectivity index (χ0) is 21.4. The van der Waals surface area contributed by atoms with Gasteiger partial charge in [-0.15, -0.1) is 0 Å². The van der Waals surface area contributed by atoms with Gasteiger partial charge in [-0.1, -0.05) is 30.3 Å². The fraction of sp³-hybridized carbons (Fsp3) is 0.0769. The third kappa shape index (κ3) is 2.34. The number of hydrogen-bond acceptors (Lipinski definition) is 4. The number of rotatable bonds is 1. The fourth-order valence-corrected chi connectivity index (χ4v) is 4.85. The first kappa shape index (κ1) is 17.4. The molecule has 2 N–H and O–H groups in total. The second-order valence-corrected chi connectivity index (χ2v) is 8.31. The predicted octanol–water partition coefficient (Wildman–Crippen LogP) is 5.97. The lowest BCUT2D eigenvalue weighted by Crippen LogP contribution is -1.87. The van der Waals surface area contributed by atoms with Crippen LogP contribution in [0.4, 0.5) is 0 Å². The Kier molecular flexibility index (Phi) is 3.31. The van der Waals surface area contributed by atoms with Crippen molar-refractivity contribution in [1.82, 2.24) is 30.1 Å². The molecule has 0 saturated heterocycles. The van der Waals surface area contributed by atoms with Crippen LogP contribution < -0.4 is 0 Å². The molecule has 3 aromatic heterocycles. The lowest BCUT2D eigenvalue weighted by atomic mass is 9.95. The van der Waals surface area contributed by atoms with Crippen LogP contribution in [0.1, 0.15) is 11.6 Å². The highest BCUT2D eigenvalue weighted by atomic mass is 15.1. The molecule has 152 valence electrons. The van der Waals surface area contributed by atoms with Gasteiger partial charge in [-0.3, -0.25) is 5.10 Å². The van der Waals surface area contributed by atoms with Gasteiger partial charge in [0.15, 0.2) is 0 Å². The molecule has 0 atom stereocenters. The van der Waals surface area contributed by atoms with Crippen LogP contribution >= 0.6 is 0 Å². The zero-order valence-corrected chi connectivity index (χ0v) is 17.6. The highest BCUT2D eigenvalue weighted by Crippen LogP contribution is 2.36. The molecular formula is C26H18N6. The summed E-state index contributed by atoms with van der Waals surface area (Å²) in [4.78, 5) is 17.4. The number of benzene rings is 4. The van der Waals surface area contributed by atoms with E-state index >= 15 is 0 Å². The average Bonchev–Trinajstić information content (AvgIpc) is 3.40. The highest BCUT2D eigenvalue weighted by Gasteiger charge is 2.14. The highest BCUT2D eigenvalue weighted by molar-refractivity contribution is 6.23. The standard InChI is InChI=1S/C26H18N6/c1-13-29-23-8-5-17-9-15(3-6-18(17)24(23)30-13)16-4-7-19-20(10-16)21-11-27-28-12-22(21)26-25(19)31-14(2)32-26/h3-12,27H,1-2H3,(H,29,30). The Hall–Kier alpha value is -4.32. The number of nitrogens with one attached hydrogen (secondary N) is 2. The van der Waals surface area contributed by atoms with Crippen molar-refractivity contribution >= 4 is 54.4 Å². The van der Waals surface area contributed by atoms with Gasteiger partial charge < -0.3 is 4.98 Å². The van der Waals surface area contributed by atoms with Crippen molar-refractivity contribution in [2.75, 3.05) is 0 Å². The zero-order valence-electron chi connectivity index (χ0n) is 17.6. The monoisotopic (exact) mass is 414 g/mol. The minimum absolute atomic E-state index is 0.778. The van der Waals surface area contributed by atoms with Crippen LogP contribution in [0.3, 0.4) is 0 Å². The van der Waals surface area contributed by atoms with Gasteiger partial charge in [0.2, 0.25) is 0 Å². The molecule has 0 spiro atoms.